The number of carbonyl (C=O) groups excluding carboxylic acids is 3. The zero-order valence-corrected chi connectivity index (χ0v) is 35.8. The number of rotatable bonds is 9. The summed E-state index contributed by atoms with van der Waals surface area (Å²) in [6.07, 6.45) is -6.18. The first-order valence-electron chi connectivity index (χ1n) is 19.9. The Morgan fingerprint density at radius 2 is 1.19 bits per heavy atom. The van der Waals surface area contributed by atoms with Crippen molar-refractivity contribution in [3.8, 4) is 0 Å². The molecule has 4 aromatic carbocycles. The van der Waals surface area contributed by atoms with Crippen LogP contribution in [-0.2, 0) is 39.7 Å². The molecule has 2 saturated heterocycles. The number of thiophene rings is 1. The topological polar surface area (TPSA) is 76.1 Å². The van der Waals surface area contributed by atoms with Crippen LogP contribution in [0.25, 0.3) is 10.1 Å². The fourth-order valence-electron chi connectivity index (χ4n) is 7.53. The smallest absolute Gasteiger partial charge is 0.416 e. The molecule has 0 atom stereocenters. The number of benzene rings is 4. The normalized spacial score (nSPS) is 15.3. The minimum Gasteiger partial charge on any atom is -0.468 e. The third-order valence-electron chi connectivity index (χ3n) is 10.8. The molecule has 3 heterocycles. The number of ether oxygens (including phenoxy) is 2. The van der Waals surface area contributed by atoms with Crippen LogP contribution in [0, 0.1) is 11.7 Å². The second-order valence-corrected chi connectivity index (χ2v) is 16.3. The summed E-state index contributed by atoms with van der Waals surface area (Å²) < 4.78 is 101. The third-order valence-corrected chi connectivity index (χ3v) is 12.2. The van der Waals surface area contributed by atoms with Crippen molar-refractivity contribution < 1.29 is 54.6 Å². The highest BCUT2D eigenvalue weighted by atomic mass is 32.1. The first-order valence-corrected chi connectivity index (χ1v) is 21.3. The number of thiol groups is 1. The van der Waals surface area contributed by atoms with Crippen molar-refractivity contribution in [3.63, 3.8) is 0 Å². The lowest BCUT2D eigenvalue weighted by Crippen LogP contribution is -2.36. The van der Waals surface area contributed by atoms with Crippen LogP contribution in [0.15, 0.2) is 97.1 Å². The van der Waals surface area contributed by atoms with Gasteiger partial charge in [0.1, 0.15) is 10.7 Å². The number of piperidine rings is 2. The van der Waals surface area contributed by atoms with Crippen LogP contribution in [-0.4, -0.2) is 73.7 Å². The maximum atomic E-state index is 14.0. The van der Waals surface area contributed by atoms with E-state index in [0.717, 1.165) is 85.6 Å². The molecular formula is C47H51F7N2O5S2. The van der Waals surface area contributed by atoms with E-state index in [1.165, 1.54) is 31.4 Å². The molecule has 0 amide bonds. The van der Waals surface area contributed by atoms with Gasteiger partial charge in [-0.05, 0) is 110 Å². The number of fused-ring (bicyclic) bond motifs is 1. The van der Waals surface area contributed by atoms with Gasteiger partial charge in [0.2, 0.25) is 0 Å². The highest BCUT2D eigenvalue weighted by Crippen LogP contribution is 2.43. The van der Waals surface area contributed by atoms with Crippen molar-refractivity contribution in [2.45, 2.75) is 64.5 Å². The van der Waals surface area contributed by atoms with E-state index >= 15 is 0 Å². The van der Waals surface area contributed by atoms with Gasteiger partial charge in [-0.3, -0.25) is 19.4 Å². The highest BCUT2D eigenvalue weighted by Gasteiger charge is 2.35. The van der Waals surface area contributed by atoms with Crippen LogP contribution in [0.1, 0.15) is 86.9 Å². The van der Waals surface area contributed by atoms with E-state index in [1.54, 1.807) is 0 Å². The molecular weight excluding hydrogens is 870 g/mol. The van der Waals surface area contributed by atoms with E-state index in [2.05, 4.69) is 39.3 Å². The number of ketones is 1. The van der Waals surface area contributed by atoms with Crippen LogP contribution >= 0.6 is 24.0 Å². The van der Waals surface area contributed by atoms with Crippen LogP contribution in [0.5, 0.6) is 0 Å². The van der Waals surface area contributed by atoms with E-state index in [1.807, 2.05) is 48.5 Å². The number of likely N-dealkylation sites (tertiary alicyclic amines) is 2. The lowest BCUT2D eigenvalue weighted by molar-refractivity contribution is -0.138. The Hall–Kier alpha value is -4.77. The van der Waals surface area contributed by atoms with Gasteiger partial charge in [0, 0.05) is 23.7 Å². The maximum absolute atomic E-state index is 14.0. The number of alkyl halides is 6. The average molecular weight is 921 g/mol. The lowest BCUT2D eigenvalue weighted by Gasteiger charge is -2.32. The first-order chi connectivity index (χ1) is 29.5. The van der Waals surface area contributed by atoms with Crippen molar-refractivity contribution in [2.75, 3.05) is 46.2 Å². The number of hydrogen-bond donors (Lipinski definition) is 1. The Morgan fingerprint density at radius 1 is 0.698 bits per heavy atom. The molecule has 16 heteroatoms. The molecule has 0 radical (unpaired) electrons. The fourth-order valence-corrected chi connectivity index (χ4v) is 8.91. The summed E-state index contributed by atoms with van der Waals surface area (Å²) in [5, 5.41) is 0.731. The Labute approximate surface area is 372 Å². The molecule has 0 saturated carbocycles. The molecule has 0 aliphatic carbocycles. The summed E-state index contributed by atoms with van der Waals surface area (Å²) in [4.78, 5) is 39.8. The summed E-state index contributed by atoms with van der Waals surface area (Å²) in [6.45, 7) is 4.81. The number of esters is 2. The third kappa shape index (κ3) is 14.1. The summed E-state index contributed by atoms with van der Waals surface area (Å²) >= 11 is 4.72. The summed E-state index contributed by atoms with van der Waals surface area (Å²) in [7, 11) is 2.64. The molecule has 2 aliphatic rings. The number of halogens is 7. The molecule has 7 nitrogen and oxygen atoms in total. The Kier molecular flexibility index (Phi) is 18.8. The second kappa shape index (κ2) is 23.2. The van der Waals surface area contributed by atoms with Crippen LogP contribution in [0.4, 0.5) is 30.7 Å². The van der Waals surface area contributed by atoms with Gasteiger partial charge < -0.3 is 9.47 Å². The van der Waals surface area contributed by atoms with Gasteiger partial charge in [0.05, 0.1) is 36.7 Å². The standard InChI is InChI=1S/C23H22F3NO2S.C20H19F4NO.C3H6O2S.CH4/c1-29-22(28)21-20(18-8-7-17(23(24,25)26)13-19(18)30-21)16-9-11-27(12-10-16)14-15-5-3-2-4-6-15;21-18-12-16(20(22,23)24)6-7-17(18)19(26)15-8-10-25(11-9-15)13-14-4-2-1-3-5-14;1-5-3(4)2-6;/h2-8,13,16H,9-12,14H2,1H3;1-7,12,15H,8-11,13H2;6H,2H2,1H3;1H4. The van der Waals surface area contributed by atoms with Gasteiger partial charge in [-0.1, -0.05) is 74.2 Å². The molecule has 0 spiro atoms. The lowest BCUT2D eigenvalue weighted by atomic mass is 9.87. The van der Waals surface area contributed by atoms with E-state index in [9.17, 15) is 45.1 Å². The van der Waals surface area contributed by atoms with Gasteiger partial charge >= 0.3 is 24.3 Å². The number of hydrogen-bond acceptors (Lipinski definition) is 9. The molecule has 0 N–H and O–H groups in total. The van der Waals surface area contributed by atoms with E-state index in [-0.39, 0.29) is 36.5 Å². The van der Waals surface area contributed by atoms with Gasteiger partial charge in [0.25, 0.3) is 0 Å². The van der Waals surface area contributed by atoms with E-state index in [4.69, 9.17) is 4.74 Å². The molecule has 63 heavy (non-hydrogen) atoms. The van der Waals surface area contributed by atoms with Crippen molar-refractivity contribution in [2.24, 2.45) is 5.92 Å². The molecule has 2 fully saturated rings. The van der Waals surface area contributed by atoms with E-state index < -0.39 is 41.0 Å². The molecule has 2 aliphatic heterocycles. The quantitative estimate of drug-likeness (QED) is 0.0683. The first kappa shape index (κ1) is 50.9. The molecule has 1 aromatic heterocycles. The molecule has 340 valence electrons. The van der Waals surface area contributed by atoms with Crippen LogP contribution < -0.4 is 0 Å². The molecule has 5 aromatic rings. The monoisotopic (exact) mass is 920 g/mol. The zero-order chi connectivity index (χ0) is 45.0. The van der Waals surface area contributed by atoms with Crippen molar-refractivity contribution >= 4 is 51.8 Å². The summed E-state index contributed by atoms with van der Waals surface area (Å²) in [5.41, 5.74) is 1.26. The predicted molar refractivity (Wildman–Crippen MR) is 235 cm³/mol. The Balaban J connectivity index is 0.000000243. The number of methoxy groups -OCH3 is 2. The highest BCUT2D eigenvalue weighted by molar-refractivity contribution is 7.81. The summed E-state index contributed by atoms with van der Waals surface area (Å²) in [5.74, 6) is -2.35. The second-order valence-electron chi connectivity index (χ2n) is 14.9. The summed E-state index contributed by atoms with van der Waals surface area (Å²) in [6, 6.07) is 26.1. The van der Waals surface area contributed by atoms with E-state index in [0.29, 0.717) is 41.6 Å². The predicted octanol–water partition coefficient (Wildman–Crippen LogP) is 11.8. The van der Waals surface area contributed by atoms with Gasteiger partial charge in [-0.15, -0.1) is 11.3 Å². The SMILES string of the molecule is C.COC(=O)CS.COC(=O)c1sc2cc(C(F)(F)F)ccc2c1C1CCN(Cc2ccccc2)CC1.O=C(c1ccc(C(F)(F)F)cc1F)C1CCN(Cc2ccccc2)CC1. The Morgan fingerprint density at radius 3 is 1.63 bits per heavy atom. The largest absolute Gasteiger partial charge is 0.468 e. The minimum absolute atomic E-state index is 0. The molecule has 0 bridgehead atoms. The van der Waals surface area contributed by atoms with Gasteiger partial charge in [-0.25, -0.2) is 9.18 Å². The number of Topliss-reactive ketones (excluding diaryl/α,β-unsaturated/α-hetero) is 1. The average Bonchev–Trinajstić information content (AvgIpc) is 3.66. The zero-order valence-electron chi connectivity index (χ0n) is 34.1. The molecule has 0 unspecified atom stereocenters. The number of carbonyl (C=O) groups is 3. The minimum atomic E-state index is -4.62. The van der Waals surface area contributed by atoms with Gasteiger partial charge in [0.15, 0.2) is 5.78 Å². The van der Waals surface area contributed by atoms with Crippen LogP contribution in [0.2, 0.25) is 0 Å². The fraction of sp³-hybridized carbons (Fsp3) is 0.383. The Bertz CT molecular complexity index is 2250. The van der Waals surface area contributed by atoms with Crippen molar-refractivity contribution in [1.82, 2.24) is 9.80 Å². The van der Waals surface area contributed by atoms with Crippen molar-refractivity contribution in [1.29, 1.82) is 0 Å². The molecule has 7 rings (SSSR count). The van der Waals surface area contributed by atoms with Crippen LogP contribution in [0.3, 0.4) is 0 Å². The van der Waals surface area contributed by atoms with Gasteiger partial charge in [-0.2, -0.15) is 39.0 Å². The maximum Gasteiger partial charge on any atom is 0.416 e. The number of nitrogens with zero attached hydrogens (tertiary/aromatic N) is 2. The van der Waals surface area contributed by atoms with Crippen molar-refractivity contribution in [3.05, 3.63) is 141 Å².